The molecule has 2 aromatic carbocycles. The van der Waals surface area contributed by atoms with E-state index in [-0.39, 0.29) is 23.5 Å². The van der Waals surface area contributed by atoms with Crippen molar-refractivity contribution in [1.82, 2.24) is 4.57 Å². The topological polar surface area (TPSA) is 80.9 Å². The van der Waals surface area contributed by atoms with E-state index in [9.17, 15) is 19.1 Å². The van der Waals surface area contributed by atoms with Crippen molar-refractivity contribution < 1.29 is 19.0 Å². The van der Waals surface area contributed by atoms with Crippen LogP contribution < -0.4 is 14.9 Å². The molecule has 0 aliphatic carbocycles. The fourth-order valence-corrected chi connectivity index (χ4v) is 6.43. The molecule has 2 heterocycles. The molecule has 1 aliphatic rings. The molecule has 0 spiro atoms. The number of esters is 1. The smallest absolute Gasteiger partial charge is 0.338 e. The van der Waals surface area contributed by atoms with Crippen LogP contribution in [0.3, 0.4) is 0 Å². The second-order valence-electron chi connectivity index (χ2n) is 7.19. The molecule has 0 saturated carbocycles. The summed E-state index contributed by atoms with van der Waals surface area (Å²) in [5.41, 5.74) is 1.71. The van der Waals surface area contributed by atoms with Crippen LogP contribution in [0.25, 0.3) is 6.08 Å². The van der Waals surface area contributed by atoms with Gasteiger partial charge in [0.15, 0.2) is 4.80 Å². The standard InChI is InChI=1S/C23H17FI2N2O4S/c1-3-32-22(31)18-11(2)27-23-28(19(18)13-4-6-14(24)7-5-13)21(30)17(33-23)10-12-8-15(25)20(29)16(26)9-12/h4-10,19,29H,3H2,1-2H3/b17-10-/t19-/m1/s1. The van der Waals surface area contributed by atoms with E-state index >= 15 is 0 Å². The first-order valence-corrected chi connectivity index (χ1v) is 12.8. The number of benzene rings is 2. The van der Waals surface area contributed by atoms with Crippen molar-refractivity contribution in [2.24, 2.45) is 4.99 Å². The van der Waals surface area contributed by atoms with Crippen LogP contribution in [-0.2, 0) is 9.53 Å². The lowest BCUT2D eigenvalue weighted by Crippen LogP contribution is -2.39. The number of hydrogen-bond acceptors (Lipinski definition) is 6. The second-order valence-corrected chi connectivity index (χ2v) is 10.5. The average molecular weight is 690 g/mol. The number of nitrogens with zero attached hydrogens (tertiary/aromatic N) is 2. The highest BCUT2D eigenvalue weighted by atomic mass is 127. The van der Waals surface area contributed by atoms with Crippen LogP contribution in [0.4, 0.5) is 4.39 Å². The van der Waals surface area contributed by atoms with Gasteiger partial charge >= 0.3 is 5.97 Å². The normalized spacial score (nSPS) is 15.9. The van der Waals surface area contributed by atoms with Gasteiger partial charge in [-0.25, -0.2) is 14.2 Å². The molecule has 0 amide bonds. The summed E-state index contributed by atoms with van der Waals surface area (Å²) in [4.78, 5) is 31.3. The van der Waals surface area contributed by atoms with Gasteiger partial charge in [0.2, 0.25) is 0 Å². The van der Waals surface area contributed by atoms with E-state index in [1.54, 1.807) is 44.2 Å². The van der Waals surface area contributed by atoms with E-state index in [1.165, 1.54) is 28.0 Å². The summed E-state index contributed by atoms with van der Waals surface area (Å²) in [5, 5.41) is 10.0. The number of carbonyl (C=O) groups is 1. The van der Waals surface area contributed by atoms with E-state index in [4.69, 9.17) is 4.74 Å². The lowest BCUT2D eigenvalue weighted by molar-refractivity contribution is -0.139. The summed E-state index contributed by atoms with van der Waals surface area (Å²) in [6, 6.07) is 8.47. The highest BCUT2D eigenvalue weighted by molar-refractivity contribution is 14.1. The third-order valence-corrected chi connectivity index (χ3v) is 7.67. The van der Waals surface area contributed by atoms with Crippen LogP contribution in [-0.4, -0.2) is 22.2 Å². The first kappa shape index (κ1) is 24.1. The van der Waals surface area contributed by atoms with Gasteiger partial charge in [0.25, 0.3) is 5.56 Å². The molecule has 33 heavy (non-hydrogen) atoms. The molecule has 4 rings (SSSR count). The van der Waals surface area contributed by atoms with Crippen molar-refractivity contribution in [2.45, 2.75) is 19.9 Å². The Balaban J connectivity index is 1.96. The number of carbonyl (C=O) groups excluding carboxylic acids is 1. The van der Waals surface area contributed by atoms with Gasteiger partial charge in [-0.05, 0) is 100 Å². The maximum Gasteiger partial charge on any atom is 0.338 e. The monoisotopic (exact) mass is 690 g/mol. The Bertz CT molecular complexity index is 1450. The third kappa shape index (κ3) is 4.64. The summed E-state index contributed by atoms with van der Waals surface area (Å²) in [5.74, 6) is -0.785. The lowest BCUT2D eigenvalue weighted by atomic mass is 9.96. The number of fused-ring (bicyclic) bond motifs is 1. The Morgan fingerprint density at radius 2 is 1.91 bits per heavy atom. The largest absolute Gasteiger partial charge is 0.506 e. The summed E-state index contributed by atoms with van der Waals surface area (Å²) in [7, 11) is 0. The van der Waals surface area contributed by atoms with Gasteiger partial charge in [-0.1, -0.05) is 23.5 Å². The molecule has 1 aromatic heterocycles. The Morgan fingerprint density at radius 1 is 1.27 bits per heavy atom. The molecule has 0 bridgehead atoms. The fourth-order valence-electron chi connectivity index (χ4n) is 3.57. The summed E-state index contributed by atoms with van der Waals surface area (Å²) in [6.45, 7) is 3.58. The molecule has 10 heteroatoms. The number of allylic oxidation sites excluding steroid dienone is 1. The number of aromatic nitrogens is 1. The zero-order valence-electron chi connectivity index (χ0n) is 17.4. The summed E-state index contributed by atoms with van der Waals surface area (Å²) >= 11 is 5.28. The first-order valence-electron chi connectivity index (χ1n) is 9.84. The van der Waals surface area contributed by atoms with E-state index in [0.29, 0.717) is 27.7 Å². The predicted molar refractivity (Wildman–Crippen MR) is 140 cm³/mol. The van der Waals surface area contributed by atoms with Gasteiger partial charge in [0, 0.05) is 0 Å². The summed E-state index contributed by atoms with van der Waals surface area (Å²) in [6.07, 6.45) is 1.73. The first-order chi connectivity index (χ1) is 15.7. The average Bonchev–Trinajstić information content (AvgIpc) is 3.06. The zero-order chi connectivity index (χ0) is 23.9. The van der Waals surface area contributed by atoms with Crippen LogP contribution >= 0.6 is 56.5 Å². The predicted octanol–water partition coefficient (Wildman–Crippen LogP) is 3.85. The van der Waals surface area contributed by atoms with Gasteiger partial charge in [-0.2, -0.15) is 0 Å². The minimum absolute atomic E-state index is 0.175. The van der Waals surface area contributed by atoms with E-state index in [0.717, 1.165) is 5.56 Å². The van der Waals surface area contributed by atoms with Crippen molar-refractivity contribution in [2.75, 3.05) is 6.61 Å². The lowest BCUT2D eigenvalue weighted by Gasteiger charge is -2.24. The van der Waals surface area contributed by atoms with Crippen molar-refractivity contribution in [3.63, 3.8) is 0 Å². The molecule has 1 atom stereocenters. The van der Waals surface area contributed by atoms with Crippen LogP contribution in [0.5, 0.6) is 5.75 Å². The maximum absolute atomic E-state index is 13.6. The van der Waals surface area contributed by atoms with E-state index in [1.807, 2.05) is 45.2 Å². The number of halogens is 3. The number of thiazole rings is 1. The Kier molecular flexibility index (Phi) is 7.05. The maximum atomic E-state index is 13.6. The Labute approximate surface area is 219 Å². The highest BCUT2D eigenvalue weighted by Gasteiger charge is 2.33. The molecule has 170 valence electrons. The van der Waals surface area contributed by atoms with Crippen molar-refractivity contribution >= 4 is 68.6 Å². The van der Waals surface area contributed by atoms with Crippen LogP contribution in [0, 0.1) is 13.0 Å². The number of aromatic hydroxyl groups is 1. The van der Waals surface area contributed by atoms with E-state index < -0.39 is 17.8 Å². The van der Waals surface area contributed by atoms with Crippen molar-refractivity contribution in [1.29, 1.82) is 0 Å². The minimum Gasteiger partial charge on any atom is -0.506 e. The van der Waals surface area contributed by atoms with Gasteiger partial charge in [-0.15, -0.1) is 0 Å². The van der Waals surface area contributed by atoms with Gasteiger partial charge < -0.3 is 9.84 Å². The van der Waals surface area contributed by atoms with Crippen molar-refractivity contribution in [3.8, 4) is 5.75 Å². The minimum atomic E-state index is -0.789. The molecule has 0 unspecified atom stereocenters. The molecular formula is C23H17FI2N2O4S. The summed E-state index contributed by atoms with van der Waals surface area (Å²) < 4.78 is 22.1. The number of ether oxygens (including phenoxy) is 1. The number of phenols is 1. The molecule has 0 fully saturated rings. The fraction of sp³-hybridized carbons (Fsp3) is 0.174. The molecule has 1 N–H and O–H groups in total. The Hall–Kier alpha value is -2.06. The number of phenolic OH excluding ortho intramolecular Hbond substituents is 1. The van der Waals surface area contributed by atoms with Gasteiger partial charge in [0.05, 0.1) is 35.6 Å². The molecule has 6 nitrogen and oxygen atoms in total. The van der Waals surface area contributed by atoms with Crippen LogP contribution in [0.15, 0.2) is 57.5 Å². The highest BCUT2D eigenvalue weighted by Crippen LogP contribution is 2.31. The molecule has 0 radical (unpaired) electrons. The molecular weight excluding hydrogens is 673 g/mol. The van der Waals surface area contributed by atoms with Gasteiger partial charge in [-0.3, -0.25) is 9.36 Å². The van der Waals surface area contributed by atoms with Crippen molar-refractivity contribution in [3.05, 3.63) is 91.4 Å². The number of hydrogen-bond donors (Lipinski definition) is 1. The van der Waals surface area contributed by atoms with E-state index in [2.05, 4.69) is 4.99 Å². The second kappa shape index (κ2) is 9.66. The molecule has 0 saturated heterocycles. The molecule has 3 aromatic rings. The third-order valence-electron chi connectivity index (χ3n) is 5.04. The quantitative estimate of drug-likeness (QED) is 0.334. The SMILES string of the molecule is CCOC(=O)C1=C(C)N=c2s/c(=C\c3cc(I)c(O)c(I)c3)c(=O)n2[C@@H]1c1ccc(F)cc1. The number of rotatable bonds is 4. The Morgan fingerprint density at radius 3 is 2.52 bits per heavy atom. The van der Waals surface area contributed by atoms with Gasteiger partial charge in [0.1, 0.15) is 11.6 Å². The van der Waals surface area contributed by atoms with Crippen LogP contribution in [0.1, 0.15) is 31.0 Å². The zero-order valence-corrected chi connectivity index (χ0v) is 22.6. The van der Waals surface area contributed by atoms with Crippen LogP contribution in [0.2, 0.25) is 0 Å². The molecule has 1 aliphatic heterocycles.